The minimum Gasteiger partial charge on any atom is -0.478 e. The van der Waals surface area contributed by atoms with E-state index in [1.54, 1.807) is 0 Å². The lowest BCUT2D eigenvalue weighted by atomic mass is 9.99. The van der Waals surface area contributed by atoms with E-state index in [0.717, 1.165) is 18.4 Å². The summed E-state index contributed by atoms with van der Waals surface area (Å²) in [6, 6.07) is 8.55. The molecule has 2 nitrogen and oxygen atoms in total. The van der Waals surface area contributed by atoms with Gasteiger partial charge in [0.15, 0.2) is 0 Å². The van der Waals surface area contributed by atoms with Gasteiger partial charge in [-0.25, -0.2) is 4.79 Å². The predicted octanol–water partition coefficient (Wildman–Crippen LogP) is 3.77. The molecule has 0 aliphatic rings. The van der Waals surface area contributed by atoms with Crippen molar-refractivity contribution < 1.29 is 9.90 Å². The van der Waals surface area contributed by atoms with Crippen molar-refractivity contribution >= 4 is 5.97 Å². The van der Waals surface area contributed by atoms with E-state index in [1.165, 1.54) is 17.2 Å². The van der Waals surface area contributed by atoms with Crippen LogP contribution in [-0.4, -0.2) is 11.1 Å². The lowest BCUT2D eigenvalue weighted by Crippen LogP contribution is -1.93. The molecule has 0 aliphatic carbocycles. The molecule has 0 aliphatic heterocycles. The molecule has 1 aromatic rings. The van der Waals surface area contributed by atoms with Crippen molar-refractivity contribution in [2.75, 3.05) is 0 Å². The number of aliphatic carboxylic acids is 1. The molecule has 0 spiro atoms. The standard InChI is InChI=1S/C15H20O2/c1-11(2)14-8-6-13(7-9-14)5-4-12(3)10-15(16)17/h6-11H,4-5H2,1-3H3,(H,16,17)/b12-10-. The van der Waals surface area contributed by atoms with Gasteiger partial charge >= 0.3 is 5.97 Å². The zero-order valence-electron chi connectivity index (χ0n) is 10.7. The Morgan fingerprint density at radius 1 is 1.29 bits per heavy atom. The van der Waals surface area contributed by atoms with E-state index < -0.39 is 5.97 Å². The third-order valence-electron chi connectivity index (χ3n) is 2.82. The second kappa shape index (κ2) is 6.24. The van der Waals surface area contributed by atoms with Crippen molar-refractivity contribution in [2.45, 2.75) is 39.5 Å². The molecule has 17 heavy (non-hydrogen) atoms. The molecule has 0 aromatic heterocycles. The van der Waals surface area contributed by atoms with Gasteiger partial charge in [0.1, 0.15) is 0 Å². The Hall–Kier alpha value is -1.57. The van der Waals surface area contributed by atoms with E-state index in [-0.39, 0.29) is 0 Å². The van der Waals surface area contributed by atoms with Gasteiger partial charge in [0.25, 0.3) is 0 Å². The Kier molecular flexibility index (Phi) is 4.95. The summed E-state index contributed by atoms with van der Waals surface area (Å²) in [6.45, 7) is 6.21. The summed E-state index contributed by atoms with van der Waals surface area (Å²) < 4.78 is 0. The predicted molar refractivity (Wildman–Crippen MR) is 70.2 cm³/mol. The maximum absolute atomic E-state index is 10.5. The summed E-state index contributed by atoms with van der Waals surface area (Å²) in [4.78, 5) is 10.5. The van der Waals surface area contributed by atoms with Crippen LogP contribution in [0.3, 0.4) is 0 Å². The zero-order valence-corrected chi connectivity index (χ0v) is 10.7. The van der Waals surface area contributed by atoms with Gasteiger partial charge in [0.2, 0.25) is 0 Å². The first-order chi connectivity index (χ1) is 7.99. The van der Waals surface area contributed by atoms with Crippen LogP contribution in [0.2, 0.25) is 0 Å². The van der Waals surface area contributed by atoms with Gasteiger partial charge < -0.3 is 5.11 Å². The summed E-state index contributed by atoms with van der Waals surface area (Å²) in [5.41, 5.74) is 3.50. The van der Waals surface area contributed by atoms with Crippen LogP contribution < -0.4 is 0 Å². The first kappa shape index (κ1) is 13.5. The molecular formula is C15H20O2. The first-order valence-electron chi connectivity index (χ1n) is 5.98. The van der Waals surface area contributed by atoms with Crippen molar-refractivity contribution in [1.29, 1.82) is 0 Å². The molecule has 0 unspecified atom stereocenters. The molecule has 0 heterocycles. The fourth-order valence-electron chi connectivity index (χ4n) is 1.69. The Morgan fingerprint density at radius 2 is 1.88 bits per heavy atom. The molecule has 0 amide bonds. The van der Waals surface area contributed by atoms with Crippen LogP contribution in [0.1, 0.15) is 44.2 Å². The molecule has 0 radical (unpaired) electrons. The van der Waals surface area contributed by atoms with Crippen molar-refractivity contribution in [3.05, 3.63) is 47.0 Å². The van der Waals surface area contributed by atoms with Gasteiger partial charge in [-0.2, -0.15) is 0 Å². The van der Waals surface area contributed by atoms with Crippen molar-refractivity contribution in [2.24, 2.45) is 0 Å². The second-order valence-corrected chi connectivity index (χ2v) is 4.73. The van der Waals surface area contributed by atoms with Gasteiger partial charge in [0.05, 0.1) is 0 Å². The van der Waals surface area contributed by atoms with Gasteiger partial charge in [-0.05, 0) is 36.8 Å². The Bertz CT molecular complexity index is 399. The summed E-state index contributed by atoms with van der Waals surface area (Å²) in [5.74, 6) is -0.310. The molecule has 0 saturated carbocycles. The molecule has 1 aromatic carbocycles. The van der Waals surface area contributed by atoms with E-state index in [9.17, 15) is 4.79 Å². The summed E-state index contributed by atoms with van der Waals surface area (Å²) in [6.07, 6.45) is 2.98. The number of benzene rings is 1. The van der Waals surface area contributed by atoms with Crippen LogP contribution in [0, 0.1) is 0 Å². The number of aryl methyl sites for hydroxylation is 1. The number of rotatable bonds is 5. The van der Waals surface area contributed by atoms with Crippen LogP contribution in [-0.2, 0) is 11.2 Å². The monoisotopic (exact) mass is 232 g/mol. The molecule has 1 N–H and O–H groups in total. The molecule has 0 bridgehead atoms. The number of carboxylic acids is 1. The van der Waals surface area contributed by atoms with Gasteiger partial charge in [0, 0.05) is 6.08 Å². The van der Waals surface area contributed by atoms with Crippen molar-refractivity contribution in [1.82, 2.24) is 0 Å². The topological polar surface area (TPSA) is 37.3 Å². The van der Waals surface area contributed by atoms with E-state index in [2.05, 4.69) is 38.1 Å². The maximum Gasteiger partial charge on any atom is 0.328 e. The van der Waals surface area contributed by atoms with Gasteiger partial charge in [-0.3, -0.25) is 0 Å². The number of hydrogen-bond acceptors (Lipinski definition) is 1. The molecule has 0 fully saturated rings. The molecular weight excluding hydrogens is 212 g/mol. The Morgan fingerprint density at radius 3 is 2.35 bits per heavy atom. The second-order valence-electron chi connectivity index (χ2n) is 4.73. The van der Waals surface area contributed by atoms with E-state index in [0.29, 0.717) is 5.92 Å². The number of hydrogen-bond donors (Lipinski definition) is 1. The minimum atomic E-state index is -0.863. The number of carbonyl (C=O) groups is 1. The largest absolute Gasteiger partial charge is 0.478 e. The Balaban J connectivity index is 2.56. The quantitative estimate of drug-likeness (QED) is 0.784. The molecule has 2 heteroatoms. The fourth-order valence-corrected chi connectivity index (χ4v) is 1.69. The maximum atomic E-state index is 10.5. The van der Waals surface area contributed by atoms with E-state index in [4.69, 9.17) is 5.11 Å². The normalized spacial score (nSPS) is 11.9. The molecule has 0 saturated heterocycles. The van der Waals surface area contributed by atoms with Crippen LogP contribution in [0.5, 0.6) is 0 Å². The smallest absolute Gasteiger partial charge is 0.328 e. The molecule has 1 rings (SSSR count). The highest BCUT2D eigenvalue weighted by molar-refractivity contribution is 5.80. The summed E-state index contributed by atoms with van der Waals surface area (Å²) >= 11 is 0. The van der Waals surface area contributed by atoms with Gasteiger partial charge in [-0.15, -0.1) is 0 Å². The molecule has 92 valence electrons. The van der Waals surface area contributed by atoms with Crippen LogP contribution >= 0.6 is 0 Å². The lowest BCUT2D eigenvalue weighted by molar-refractivity contribution is -0.131. The van der Waals surface area contributed by atoms with Crippen LogP contribution in [0.15, 0.2) is 35.9 Å². The Labute approximate surface area is 103 Å². The SMILES string of the molecule is C/C(=C/C(=O)O)CCc1ccc(C(C)C)cc1. The van der Waals surface area contributed by atoms with Gasteiger partial charge in [-0.1, -0.05) is 43.7 Å². The average molecular weight is 232 g/mol. The van der Waals surface area contributed by atoms with E-state index in [1.807, 2.05) is 6.92 Å². The van der Waals surface area contributed by atoms with Crippen LogP contribution in [0.4, 0.5) is 0 Å². The fraction of sp³-hybridized carbons (Fsp3) is 0.400. The minimum absolute atomic E-state index is 0.553. The van der Waals surface area contributed by atoms with Crippen molar-refractivity contribution in [3.8, 4) is 0 Å². The number of carboxylic acid groups (broad SMARTS) is 1. The van der Waals surface area contributed by atoms with Crippen molar-refractivity contribution in [3.63, 3.8) is 0 Å². The highest BCUT2D eigenvalue weighted by atomic mass is 16.4. The average Bonchev–Trinajstić information content (AvgIpc) is 2.26. The first-order valence-corrected chi connectivity index (χ1v) is 5.98. The lowest BCUT2D eigenvalue weighted by Gasteiger charge is -2.07. The highest BCUT2D eigenvalue weighted by Gasteiger charge is 2.00. The highest BCUT2D eigenvalue weighted by Crippen LogP contribution is 2.16. The summed E-state index contributed by atoms with van der Waals surface area (Å²) in [7, 11) is 0. The number of allylic oxidation sites excluding steroid dienone is 1. The van der Waals surface area contributed by atoms with Crippen LogP contribution in [0.25, 0.3) is 0 Å². The van der Waals surface area contributed by atoms with E-state index >= 15 is 0 Å². The summed E-state index contributed by atoms with van der Waals surface area (Å²) in [5, 5.41) is 8.60. The third-order valence-corrected chi connectivity index (χ3v) is 2.82. The third kappa shape index (κ3) is 4.85. The molecule has 0 atom stereocenters. The zero-order chi connectivity index (χ0) is 12.8.